The first-order valence-corrected chi connectivity index (χ1v) is 7.85. The Kier molecular flexibility index (Phi) is 5.04. The number of hydrogen-bond acceptors (Lipinski definition) is 4. The van der Waals surface area contributed by atoms with Crippen LogP contribution >= 0.6 is 0 Å². The van der Waals surface area contributed by atoms with Gasteiger partial charge in [0, 0.05) is 24.9 Å². The summed E-state index contributed by atoms with van der Waals surface area (Å²) in [4.78, 5) is 11.8. The van der Waals surface area contributed by atoms with Gasteiger partial charge in [-0.25, -0.2) is 17.2 Å². The predicted molar refractivity (Wildman–Crippen MR) is 72.5 cm³/mol. The van der Waals surface area contributed by atoms with Crippen LogP contribution in [0.5, 0.6) is 0 Å². The van der Waals surface area contributed by atoms with Gasteiger partial charge in [-0.05, 0) is 19.1 Å². The van der Waals surface area contributed by atoms with Gasteiger partial charge < -0.3 is 10.6 Å². The molecular weight excluding hydrogens is 290 g/mol. The van der Waals surface area contributed by atoms with E-state index in [9.17, 15) is 22.0 Å². The fourth-order valence-electron chi connectivity index (χ4n) is 1.75. The summed E-state index contributed by atoms with van der Waals surface area (Å²) in [6.45, 7) is 1.49. The second-order valence-electron chi connectivity index (χ2n) is 4.53. The molecule has 0 aliphatic rings. The first-order valence-electron chi connectivity index (χ1n) is 5.79. The smallest absolute Gasteiger partial charge is 0.251 e. The number of nitrogens with one attached hydrogen (secondary N) is 2. The van der Waals surface area contributed by atoms with E-state index in [0.29, 0.717) is 0 Å². The van der Waals surface area contributed by atoms with Crippen LogP contribution in [0.15, 0.2) is 12.1 Å². The lowest BCUT2D eigenvalue weighted by atomic mass is 10.1. The lowest BCUT2D eigenvalue weighted by molar-refractivity contribution is 0.0942. The van der Waals surface area contributed by atoms with E-state index in [-0.39, 0.29) is 17.0 Å². The van der Waals surface area contributed by atoms with Crippen molar-refractivity contribution in [3.8, 4) is 0 Å². The summed E-state index contributed by atoms with van der Waals surface area (Å²) >= 11 is 0. The lowest BCUT2D eigenvalue weighted by Crippen LogP contribution is -2.37. The van der Waals surface area contributed by atoms with Crippen molar-refractivity contribution in [3.63, 3.8) is 0 Å². The van der Waals surface area contributed by atoms with E-state index in [4.69, 9.17) is 0 Å². The Morgan fingerprint density at radius 2 is 1.80 bits per heavy atom. The number of sulfone groups is 1. The molecule has 2 N–H and O–H groups in total. The van der Waals surface area contributed by atoms with Gasteiger partial charge in [-0.2, -0.15) is 0 Å². The molecular formula is C12H16F2N2O3S. The van der Waals surface area contributed by atoms with Crippen molar-refractivity contribution in [1.82, 2.24) is 5.32 Å². The Morgan fingerprint density at radius 3 is 2.20 bits per heavy atom. The van der Waals surface area contributed by atoms with Crippen LogP contribution in [0, 0.1) is 11.6 Å². The average Bonchev–Trinajstić information content (AvgIpc) is 2.25. The highest BCUT2D eigenvalue weighted by atomic mass is 32.2. The standard InChI is InChI=1S/C12H16F2N2O3S/c1-7(6-20(3,18)19)16-12(17)8-4-9(13)11(15-2)10(14)5-8/h4-5,7,15H,6H2,1-3H3,(H,16,17). The quantitative estimate of drug-likeness (QED) is 0.856. The molecule has 1 rings (SSSR count). The monoisotopic (exact) mass is 306 g/mol. The summed E-state index contributed by atoms with van der Waals surface area (Å²) in [5, 5.41) is 4.71. The molecule has 20 heavy (non-hydrogen) atoms. The Labute approximate surface area is 116 Å². The molecule has 1 atom stereocenters. The summed E-state index contributed by atoms with van der Waals surface area (Å²) in [5.41, 5.74) is -0.537. The van der Waals surface area contributed by atoms with Gasteiger partial charge in [-0.3, -0.25) is 4.79 Å². The molecule has 0 radical (unpaired) electrons. The second-order valence-corrected chi connectivity index (χ2v) is 6.72. The fourth-order valence-corrected chi connectivity index (χ4v) is 2.74. The van der Waals surface area contributed by atoms with Crippen LogP contribution in [0.1, 0.15) is 17.3 Å². The molecule has 1 aromatic rings. The fraction of sp³-hybridized carbons (Fsp3) is 0.417. The molecule has 0 saturated carbocycles. The Bertz CT molecular complexity index is 594. The van der Waals surface area contributed by atoms with E-state index in [0.717, 1.165) is 18.4 Å². The number of rotatable bonds is 5. The summed E-state index contributed by atoms with van der Waals surface area (Å²) in [7, 11) is -1.89. The van der Waals surface area contributed by atoms with E-state index in [1.807, 2.05) is 0 Å². The van der Waals surface area contributed by atoms with Crippen LogP contribution in [-0.4, -0.2) is 39.4 Å². The van der Waals surface area contributed by atoms with Crippen molar-refractivity contribution in [2.75, 3.05) is 24.4 Å². The number of anilines is 1. The van der Waals surface area contributed by atoms with E-state index >= 15 is 0 Å². The third-order valence-electron chi connectivity index (χ3n) is 2.48. The molecule has 8 heteroatoms. The number of amides is 1. The van der Waals surface area contributed by atoms with Crippen LogP contribution in [0.3, 0.4) is 0 Å². The van der Waals surface area contributed by atoms with Crippen molar-refractivity contribution < 1.29 is 22.0 Å². The van der Waals surface area contributed by atoms with Crippen molar-refractivity contribution in [1.29, 1.82) is 0 Å². The summed E-state index contributed by atoms with van der Waals surface area (Å²) in [6, 6.07) is 1.11. The molecule has 0 aromatic heterocycles. The number of benzene rings is 1. The lowest BCUT2D eigenvalue weighted by Gasteiger charge is -2.13. The van der Waals surface area contributed by atoms with Crippen LogP contribution in [0.25, 0.3) is 0 Å². The van der Waals surface area contributed by atoms with Crippen LogP contribution < -0.4 is 10.6 Å². The van der Waals surface area contributed by atoms with Gasteiger partial charge in [0.05, 0.1) is 5.75 Å². The van der Waals surface area contributed by atoms with E-state index in [1.54, 1.807) is 0 Å². The van der Waals surface area contributed by atoms with Crippen molar-refractivity contribution >= 4 is 21.4 Å². The molecule has 0 aliphatic heterocycles. The van der Waals surface area contributed by atoms with Gasteiger partial charge in [0.25, 0.3) is 5.91 Å². The highest BCUT2D eigenvalue weighted by Crippen LogP contribution is 2.20. The van der Waals surface area contributed by atoms with Gasteiger partial charge in [-0.15, -0.1) is 0 Å². The zero-order valence-corrected chi connectivity index (χ0v) is 12.1. The van der Waals surface area contributed by atoms with E-state index in [1.165, 1.54) is 14.0 Å². The van der Waals surface area contributed by atoms with E-state index < -0.39 is 33.4 Å². The van der Waals surface area contributed by atoms with E-state index in [2.05, 4.69) is 10.6 Å². The zero-order chi connectivity index (χ0) is 15.5. The second kappa shape index (κ2) is 6.17. The molecule has 0 heterocycles. The molecule has 1 unspecified atom stereocenters. The van der Waals surface area contributed by atoms with Gasteiger partial charge in [0.15, 0.2) is 0 Å². The number of carbonyl (C=O) groups excluding carboxylic acids is 1. The maximum atomic E-state index is 13.5. The molecule has 0 aliphatic carbocycles. The number of halogens is 2. The minimum Gasteiger partial charge on any atom is -0.383 e. The van der Waals surface area contributed by atoms with Gasteiger partial charge in [0.2, 0.25) is 0 Å². The topological polar surface area (TPSA) is 75.3 Å². The normalized spacial score (nSPS) is 12.8. The minimum atomic E-state index is -3.25. The maximum Gasteiger partial charge on any atom is 0.251 e. The molecule has 1 amide bonds. The van der Waals surface area contributed by atoms with Crippen molar-refractivity contribution in [2.45, 2.75) is 13.0 Å². The maximum absolute atomic E-state index is 13.5. The molecule has 112 valence electrons. The third-order valence-corrected chi connectivity index (χ3v) is 3.59. The Balaban J connectivity index is 2.88. The van der Waals surface area contributed by atoms with Crippen molar-refractivity contribution in [2.24, 2.45) is 0 Å². The molecule has 0 saturated heterocycles. The van der Waals surface area contributed by atoms with Gasteiger partial charge >= 0.3 is 0 Å². The SMILES string of the molecule is CNc1c(F)cc(C(=O)NC(C)CS(C)(=O)=O)cc1F. The Morgan fingerprint density at radius 1 is 1.30 bits per heavy atom. The number of hydrogen-bond donors (Lipinski definition) is 2. The zero-order valence-electron chi connectivity index (χ0n) is 11.3. The summed E-state index contributed by atoms with van der Waals surface area (Å²) < 4.78 is 49.1. The minimum absolute atomic E-state index is 0.209. The summed E-state index contributed by atoms with van der Waals surface area (Å²) in [6.07, 6.45) is 1.04. The van der Waals surface area contributed by atoms with Gasteiger partial charge in [0.1, 0.15) is 27.2 Å². The predicted octanol–water partition coefficient (Wildman–Crippen LogP) is 1.17. The van der Waals surface area contributed by atoms with Gasteiger partial charge in [-0.1, -0.05) is 0 Å². The molecule has 0 fully saturated rings. The summed E-state index contributed by atoms with van der Waals surface area (Å²) in [5.74, 6) is -2.78. The molecule has 0 bridgehead atoms. The molecule has 1 aromatic carbocycles. The largest absolute Gasteiger partial charge is 0.383 e. The molecule has 0 spiro atoms. The number of carbonyl (C=O) groups is 1. The van der Waals surface area contributed by atoms with Crippen LogP contribution in [0.4, 0.5) is 14.5 Å². The Hall–Kier alpha value is -1.70. The van der Waals surface area contributed by atoms with Crippen molar-refractivity contribution in [3.05, 3.63) is 29.3 Å². The highest BCUT2D eigenvalue weighted by molar-refractivity contribution is 7.90. The first kappa shape index (κ1) is 16.4. The van der Waals surface area contributed by atoms with Crippen LogP contribution in [0.2, 0.25) is 0 Å². The average molecular weight is 306 g/mol. The highest BCUT2D eigenvalue weighted by Gasteiger charge is 2.17. The third kappa shape index (κ3) is 4.44. The first-order chi connectivity index (χ1) is 9.14. The molecule has 5 nitrogen and oxygen atoms in total. The van der Waals surface area contributed by atoms with Crippen LogP contribution in [-0.2, 0) is 9.84 Å².